The van der Waals surface area contributed by atoms with E-state index in [1.54, 1.807) is 7.11 Å². The van der Waals surface area contributed by atoms with Crippen LogP contribution in [0.25, 0.3) is 0 Å². The number of imidazole rings is 1. The molecule has 2 saturated heterocycles. The largest absolute Gasteiger partial charge is 0.383 e. The van der Waals surface area contributed by atoms with Gasteiger partial charge in [-0.05, 0) is 31.4 Å². The molecule has 1 atom stereocenters. The van der Waals surface area contributed by atoms with E-state index in [-0.39, 0.29) is 5.92 Å². The van der Waals surface area contributed by atoms with Gasteiger partial charge in [0.05, 0.1) is 12.5 Å². The van der Waals surface area contributed by atoms with E-state index in [4.69, 9.17) is 4.74 Å². The highest BCUT2D eigenvalue weighted by atomic mass is 16.5. The third-order valence-electron chi connectivity index (χ3n) is 6.35. The van der Waals surface area contributed by atoms with Crippen molar-refractivity contribution in [3.05, 3.63) is 54.1 Å². The lowest BCUT2D eigenvalue weighted by molar-refractivity contribution is -0.136. The predicted octanol–water partition coefficient (Wildman–Crippen LogP) is 2.61. The minimum Gasteiger partial charge on any atom is -0.383 e. The lowest BCUT2D eigenvalue weighted by atomic mass is 9.94. The molecule has 156 valence electrons. The summed E-state index contributed by atoms with van der Waals surface area (Å²) >= 11 is 0. The van der Waals surface area contributed by atoms with Crippen molar-refractivity contribution >= 4 is 5.91 Å². The van der Waals surface area contributed by atoms with Crippen LogP contribution in [0, 0.1) is 5.92 Å². The van der Waals surface area contributed by atoms with Gasteiger partial charge < -0.3 is 19.1 Å². The molecule has 0 spiro atoms. The first-order chi connectivity index (χ1) is 14.2. The number of hydrogen-bond donors (Lipinski definition) is 0. The van der Waals surface area contributed by atoms with E-state index in [0.29, 0.717) is 11.8 Å². The summed E-state index contributed by atoms with van der Waals surface area (Å²) in [7, 11) is 1.73. The minimum atomic E-state index is 0.156. The normalized spacial score (nSPS) is 21.0. The fraction of sp³-hybridized carbons (Fsp3) is 0.565. The van der Waals surface area contributed by atoms with Crippen molar-refractivity contribution in [2.24, 2.45) is 5.92 Å². The molecule has 1 aromatic heterocycles. The molecule has 1 unspecified atom stereocenters. The Morgan fingerprint density at radius 3 is 2.69 bits per heavy atom. The number of likely N-dealkylation sites (tertiary alicyclic amines) is 2. The van der Waals surface area contributed by atoms with Gasteiger partial charge in [-0.15, -0.1) is 0 Å². The lowest BCUT2D eigenvalue weighted by Crippen LogP contribution is -2.42. The summed E-state index contributed by atoms with van der Waals surface area (Å²) in [6.07, 6.45) is 6.95. The first-order valence-electron chi connectivity index (χ1n) is 10.8. The molecule has 0 N–H and O–H groups in total. The van der Waals surface area contributed by atoms with Crippen molar-refractivity contribution in [1.82, 2.24) is 19.4 Å². The van der Waals surface area contributed by atoms with E-state index in [2.05, 4.69) is 49.8 Å². The Labute approximate surface area is 173 Å². The SMILES string of the molecule is COCCN1CCC(C(=O)N2CCC(c3nccn3Cc3ccccc3)CC2)C1. The maximum Gasteiger partial charge on any atom is 0.227 e. The summed E-state index contributed by atoms with van der Waals surface area (Å²) in [5.41, 5.74) is 1.29. The van der Waals surface area contributed by atoms with Crippen LogP contribution in [0.3, 0.4) is 0 Å². The van der Waals surface area contributed by atoms with Crippen molar-refractivity contribution in [3.63, 3.8) is 0 Å². The number of amides is 1. The number of benzene rings is 1. The van der Waals surface area contributed by atoms with Gasteiger partial charge in [-0.25, -0.2) is 4.98 Å². The number of carbonyl (C=O) groups is 1. The number of carbonyl (C=O) groups excluding carboxylic acids is 1. The molecular weight excluding hydrogens is 364 g/mol. The molecule has 2 aliphatic rings. The summed E-state index contributed by atoms with van der Waals surface area (Å²) < 4.78 is 7.43. The van der Waals surface area contributed by atoms with Gasteiger partial charge >= 0.3 is 0 Å². The molecule has 6 heteroatoms. The van der Waals surface area contributed by atoms with Gasteiger partial charge in [0.25, 0.3) is 0 Å². The predicted molar refractivity (Wildman–Crippen MR) is 113 cm³/mol. The van der Waals surface area contributed by atoms with Gasteiger partial charge in [0.2, 0.25) is 5.91 Å². The maximum absolute atomic E-state index is 13.0. The van der Waals surface area contributed by atoms with Crippen molar-refractivity contribution in [2.75, 3.05) is 46.4 Å². The second-order valence-corrected chi connectivity index (χ2v) is 8.28. The molecule has 2 aromatic rings. The Hall–Kier alpha value is -2.18. The molecule has 6 nitrogen and oxygen atoms in total. The molecular formula is C23H32N4O2. The minimum absolute atomic E-state index is 0.156. The number of nitrogens with zero attached hydrogens (tertiary/aromatic N) is 4. The maximum atomic E-state index is 13.0. The zero-order valence-electron chi connectivity index (χ0n) is 17.4. The van der Waals surface area contributed by atoms with Gasteiger partial charge in [-0.2, -0.15) is 0 Å². The summed E-state index contributed by atoms with van der Waals surface area (Å²) in [5, 5.41) is 0. The number of rotatable bonds is 7. The number of aromatic nitrogens is 2. The summed E-state index contributed by atoms with van der Waals surface area (Å²) in [6, 6.07) is 10.5. The average Bonchev–Trinajstić information content (AvgIpc) is 3.42. The van der Waals surface area contributed by atoms with E-state index in [9.17, 15) is 4.79 Å². The third kappa shape index (κ3) is 4.87. The fourth-order valence-corrected chi connectivity index (χ4v) is 4.67. The van der Waals surface area contributed by atoms with Gasteiger partial charge in [-0.3, -0.25) is 4.79 Å². The van der Waals surface area contributed by atoms with Crippen molar-refractivity contribution in [2.45, 2.75) is 31.7 Å². The molecule has 4 rings (SSSR count). The highest BCUT2D eigenvalue weighted by molar-refractivity contribution is 5.79. The third-order valence-corrected chi connectivity index (χ3v) is 6.35. The second-order valence-electron chi connectivity index (χ2n) is 8.28. The number of ether oxygens (including phenoxy) is 1. The van der Waals surface area contributed by atoms with Gasteiger partial charge in [0.1, 0.15) is 5.82 Å². The van der Waals surface area contributed by atoms with Crippen LogP contribution in [0.4, 0.5) is 0 Å². The number of hydrogen-bond acceptors (Lipinski definition) is 4. The Morgan fingerprint density at radius 1 is 1.14 bits per heavy atom. The van der Waals surface area contributed by atoms with E-state index in [1.165, 1.54) is 5.56 Å². The van der Waals surface area contributed by atoms with Crippen LogP contribution in [-0.4, -0.2) is 71.7 Å². The van der Waals surface area contributed by atoms with E-state index in [0.717, 1.165) is 71.0 Å². The van der Waals surface area contributed by atoms with Crippen molar-refractivity contribution in [3.8, 4) is 0 Å². The molecule has 2 aliphatic heterocycles. The Morgan fingerprint density at radius 2 is 1.93 bits per heavy atom. The fourth-order valence-electron chi connectivity index (χ4n) is 4.67. The summed E-state index contributed by atoms with van der Waals surface area (Å²) in [5.74, 6) is 2.09. The van der Waals surface area contributed by atoms with Crippen LogP contribution in [0.1, 0.15) is 36.6 Å². The van der Waals surface area contributed by atoms with Crippen LogP contribution in [0.15, 0.2) is 42.7 Å². The smallest absolute Gasteiger partial charge is 0.227 e. The molecule has 0 radical (unpaired) electrons. The topological polar surface area (TPSA) is 50.6 Å². The van der Waals surface area contributed by atoms with E-state index < -0.39 is 0 Å². The Balaban J connectivity index is 1.30. The first kappa shape index (κ1) is 20.1. The average molecular weight is 397 g/mol. The Bertz CT molecular complexity index is 783. The molecule has 1 aromatic carbocycles. The van der Waals surface area contributed by atoms with Crippen LogP contribution in [0.5, 0.6) is 0 Å². The molecule has 0 bridgehead atoms. The zero-order valence-corrected chi connectivity index (χ0v) is 17.4. The quantitative estimate of drug-likeness (QED) is 0.722. The zero-order chi connectivity index (χ0) is 20.1. The van der Waals surface area contributed by atoms with E-state index in [1.807, 2.05) is 12.3 Å². The van der Waals surface area contributed by atoms with Crippen molar-refractivity contribution in [1.29, 1.82) is 0 Å². The number of piperidine rings is 1. The van der Waals surface area contributed by atoms with Gasteiger partial charge in [0.15, 0.2) is 0 Å². The van der Waals surface area contributed by atoms with E-state index >= 15 is 0 Å². The molecule has 2 fully saturated rings. The van der Waals surface area contributed by atoms with Crippen LogP contribution in [0.2, 0.25) is 0 Å². The molecule has 29 heavy (non-hydrogen) atoms. The van der Waals surface area contributed by atoms with Crippen LogP contribution in [-0.2, 0) is 16.1 Å². The van der Waals surface area contributed by atoms with Gasteiger partial charge in [0, 0.05) is 58.1 Å². The highest BCUT2D eigenvalue weighted by Gasteiger charge is 2.33. The van der Waals surface area contributed by atoms with Crippen LogP contribution >= 0.6 is 0 Å². The standard InChI is InChI=1S/C23H32N4O2/c1-29-16-15-25-11-7-21(18-25)23(28)26-12-8-20(9-13-26)22-24-10-14-27(22)17-19-5-3-2-4-6-19/h2-6,10,14,20-21H,7-9,11-13,15-18H2,1H3. The summed E-state index contributed by atoms with van der Waals surface area (Å²) in [6.45, 7) is 6.09. The lowest BCUT2D eigenvalue weighted by Gasteiger charge is -2.33. The monoisotopic (exact) mass is 396 g/mol. The van der Waals surface area contributed by atoms with Gasteiger partial charge in [-0.1, -0.05) is 30.3 Å². The Kier molecular flexibility index (Phi) is 6.62. The highest BCUT2D eigenvalue weighted by Crippen LogP contribution is 2.29. The molecule has 3 heterocycles. The summed E-state index contributed by atoms with van der Waals surface area (Å²) in [4.78, 5) is 22.1. The second kappa shape index (κ2) is 9.55. The first-order valence-corrected chi connectivity index (χ1v) is 10.8. The number of methoxy groups -OCH3 is 1. The molecule has 1 amide bonds. The van der Waals surface area contributed by atoms with Crippen molar-refractivity contribution < 1.29 is 9.53 Å². The molecule has 0 aliphatic carbocycles. The van der Waals surface area contributed by atoms with Crippen LogP contribution < -0.4 is 0 Å². The molecule has 0 saturated carbocycles.